The van der Waals surface area contributed by atoms with Crippen molar-refractivity contribution in [1.29, 1.82) is 0 Å². The number of methoxy groups -OCH3 is 1. The van der Waals surface area contributed by atoms with Crippen LogP contribution < -0.4 is 10.1 Å². The summed E-state index contributed by atoms with van der Waals surface area (Å²) in [5.41, 5.74) is 2.71. The minimum atomic E-state index is -0.860. The molecule has 7 heteroatoms. The third-order valence-corrected chi connectivity index (χ3v) is 6.87. The largest absolute Gasteiger partial charge is 0.497 e. The summed E-state index contributed by atoms with van der Waals surface area (Å²) in [6.07, 6.45) is 1.96. The number of anilines is 1. The Kier molecular flexibility index (Phi) is 6.49. The molecule has 0 amide bonds. The number of nitro groups is 1. The topological polar surface area (TPSA) is 64.4 Å². The Morgan fingerprint density at radius 2 is 1.68 bits per heavy atom. The van der Waals surface area contributed by atoms with Crippen LogP contribution in [0.2, 0.25) is 5.02 Å². The van der Waals surface area contributed by atoms with E-state index >= 15 is 0 Å². The van der Waals surface area contributed by atoms with Gasteiger partial charge in [-0.25, -0.2) is 0 Å². The Morgan fingerprint density at radius 3 is 2.29 bits per heavy atom. The van der Waals surface area contributed by atoms with Crippen LogP contribution in [-0.4, -0.2) is 24.1 Å². The van der Waals surface area contributed by atoms with E-state index in [0.29, 0.717) is 5.02 Å². The van der Waals surface area contributed by atoms with E-state index in [1.165, 1.54) is 11.8 Å². The molecule has 31 heavy (non-hydrogen) atoms. The SMILES string of the molecule is COc1ccc([C@H]2SC(c3ccccc3)=C[C@@H](Nc3ccc(Cl)cc3)[C@@H]2[N+](=O)[O-])cc1. The zero-order chi connectivity index (χ0) is 21.8. The number of rotatable bonds is 6. The average Bonchev–Trinajstić information content (AvgIpc) is 2.80. The molecule has 3 atom stereocenters. The first-order chi connectivity index (χ1) is 15.0. The zero-order valence-corrected chi connectivity index (χ0v) is 18.3. The molecule has 0 fully saturated rings. The van der Waals surface area contributed by atoms with Crippen LogP contribution in [0.5, 0.6) is 5.75 Å². The Labute approximate surface area is 190 Å². The van der Waals surface area contributed by atoms with E-state index in [2.05, 4.69) is 5.32 Å². The molecule has 1 N–H and O–H groups in total. The molecule has 0 aliphatic carbocycles. The van der Waals surface area contributed by atoms with Gasteiger partial charge in [-0.3, -0.25) is 10.1 Å². The number of hydrogen-bond donors (Lipinski definition) is 1. The molecule has 3 aromatic rings. The first kappa shape index (κ1) is 21.3. The van der Waals surface area contributed by atoms with Gasteiger partial charge in [-0.05, 0) is 53.6 Å². The normalized spacial score (nSPS) is 20.6. The summed E-state index contributed by atoms with van der Waals surface area (Å²) in [5.74, 6) is 0.719. The van der Waals surface area contributed by atoms with Crippen molar-refractivity contribution in [3.8, 4) is 5.75 Å². The highest BCUT2D eigenvalue weighted by Crippen LogP contribution is 2.48. The molecule has 1 aliphatic heterocycles. The smallest absolute Gasteiger partial charge is 0.252 e. The number of nitrogens with one attached hydrogen (secondary N) is 1. The van der Waals surface area contributed by atoms with E-state index in [0.717, 1.165) is 27.5 Å². The lowest BCUT2D eigenvalue weighted by atomic mass is 9.96. The lowest BCUT2D eigenvalue weighted by Gasteiger charge is -2.32. The summed E-state index contributed by atoms with van der Waals surface area (Å²) in [6, 6.07) is 23.3. The predicted molar refractivity (Wildman–Crippen MR) is 127 cm³/mol. The summed E-state index contributed by atoms with van der Waals surface area (Å²) in [6.45, 7) is 0. The maximum Gasteiger partial charge on any atom is 0.252 e. The highest BCUT2D eigenvalue weighted by Gasteiger charge is 2.44. The fraction of sp³-hybridized carbons (Fsp3) is 0.167. The van der Waals surface area contributed by atoms with Crippen LogP contribution in [0.3, 0.4) is 0 Å². The van der Waals surface area contributed by atoms with Crippen LogP contribution in [0, 0.1) is 10.1 Å². The molecular formula is C24H21ClN2O3S. The highest BCUT2D eigenvalue weighted by atomic mass is 35.5. The molecule has 0 spiro atoms. The molecule has 0 unspecified atom stereocenters. The average molecular weight is 453 g/mol. The first-order valence-corrected chi connectivity index (χ1v) is 11.0. The van der Waals surface area contributed by atoms with Crippen molar-refractivity contribution in [1.82, 2.24) is 0 Å². The lowest BCUT2D eigenvalue weighted by Crippen LogP contribution is -2.43. The number of nitrogens with zero attached hydrogens (tertiary/aromatic N) is 1. The van der Waals surface area contributed by atoms with Crippen LogP contribution in [0.15, 0.2) is 84.9 Å². The lowest BCUT2D eigenvalue weighted by molar-refractivity contribution is -0.523. The predicted octanol–water partition coefficient (Wildman–Crippen LogP) is 6.30. The first-order valence-electron chi connectivity index (χ1n) is 9.78. The Hall–Kier alpha value is -2.96. The molecule has 0 bridgehead atoms. The minimum Gasteiger partial charge on any atom is -0.497 e. The van der Waals surface area contributed by atoms with Gasteiger partial charge in [0.1, 0.15) is 17.0 Å². The summed E-state index contributed by atoms with van der Waals surface area (Å²) in [5, 5.41) is 15.8. The van der Waals surface area contributed by atoms with Gasteiger partial charge in [0.25, 0.3) is 6.04 Å². The van der Waals surface area contributed by atoms with Crippen molar-refractivity contribution in [3.05, 3.63) is 111 Å². The van der Waals surface area contributed by atoms with E-state index in [1.807, 2.05) is 72.8 Å². The van der Waals surface area contributed by atoms with E-state index in [-0.39, 0.29) is 10.2 Å². The molecule has 0 saturated heterocycles. The maximum absolute atomic E-state index is 12.2. The number of benzene rings is 3. The van der Waals surface area contributed by atoms with Crippen molar-refractivity contribution in [2.75, 3.05) is 12.4 Å². The van der Waals surface area contributed by atoms with Crippen LogP contribution in [0.4, 0.5) is 5.69 Å². The molecule has 3 aromatic carbocycles. The van der Waals surface area contributed by atoms with Gasteiger partial charge < -0.3 is 10.1 Å². The molecule has 1 aliphatic rings. The van der Waals surface area contributed by atoms with Gasteiger partial charge in [0.2, 0.25) is 0 Å². The van der Waals surface area contributed by atoms with Crippen molar-refractivity contribution in [3.63, 3.8) is 0 Å². The number of halogens is 1. The van der Waals surface area contributed by atoms with Gasteiger partial charge in [0.05, 0.1) is 7.11 Å². The van der Waals surface area contributed by atoms with Crippen LogP contribution >= 0.6 is 23.4 Å². The molecule has 0 radical (unpaired) electrons. The van der Waals surface area contributed by atoms with E-state index in [4.69, 9.17) is 16.3 Å². The van der Waals surface area contributed by atoms with Crippen LogP contribution in [0.25, 0.3) is 4.91 Å². The fourth-order valence-corrected chi connectivity index (χ4v) is 5.23. The number of thioether (sulfide) groups is 1. The number of ether oxygens (including phenoxy) is 1. The van der Waals surface area contributed by atoms with Gasteiger partial charge in [0, 0.05) is 20.5 Å². The Balaban J connectivity index is 1.76. The maximum atomic E-state index is 12.2. The van der Waals surface area contributed by atoms with Gasteiger partial charge in [0.15, 0.2) is 0 Å². The Morgan fingerprint density at radius 1 is 1.00 bits per heavy atom. The zero-order valence-electron chi connectivity index (χ0n) is 16.8. The molecule has 1 heterocycles. The second-order valence-electron chi connectivity index (χ2n) is 7.16. The van der Waals surface area contributed by atoms with Crippen LogP contribution in [0.1, 0.15) is 16.4 Å². The van der Waals surface area contributed by atoms with Crippen LogP contribution in [-0.2, 0) is 0 Å². The Bertz CT molecular complexity index is 1070. The molecule has 5 nitrogen and oxygen atoms in total. The highest BCUT2D eigenvalue weighted by molar-refractivity contribution is 8.08. The molecular weight excluding hydrogens is 432 g/mol. The van der Waals surface area contributed by atoms with Crippen molar-refractivity contribution >= 4 is 34.0 Å². The summed E-state index contributed by atoms with van der Waals surface area (Å²) in [4.78, 5) is 13.1. The summed E-state index contributed by atoms with van der Waals surface area (Å²) in [7, 11) is 1.60. The summed E-state index contributed by atoms with van der Waals surface area (Å²) >= 11 is 7.53. The second kappa shape index (κ2) is 9.45. The molecule has 0 aromatic heterocycles. The molecule has 4 rings (SSSR count). The molecule has 0 saturated carbocycles. The minimum absolute atomic E-state index is 0.187. The quantitative estimate of drug-likeness (QED) is 0.351. The van der Waals surface area contributed by atoms with Crippen molar-refractivity contribution < 1.29 is 9.66 Å². The second-order valence-corrected chi connectivity index (χ2v) is 8.78. The standard InChI is InChI=1S/C24H21ClN2O3S/c1-30-20-13-7-17(8-14-20)24-23(27(28)29)21(26-19-11-9-18(25)10-12-19)15-22(31-24)16-5-3-2-4-6-16/h2-15,21,23-24,26H,1H3/t21-,23+,24-/m1/s1. The van der Waals surface area contributed by atoms with Crippen molar-refractivity contribution in [2.45, 2.75) is 17.3 Å². The van der Waals surface area contributed by atoms with E-state index in [1.54, 1.807) is 19.2 Å². The third kappa shape index (κ3) is 4.86. The third-order valence-electron chi connectivity index (χ3n) is 5.19. The summed E-state index contributed by atoms with van der Waals surface area (Å²) < 4.78 is 5.26. The van der Waals surface area contributed by atoms with Crippen molar-refractivity contribution in [2.24, 2.45) is 0 Å². The van der Waals surface area contributed by atoms with Gasteiger partial charge in [-0.1, -0.05) is 54.1 Å². The van der Waals surface area contributed by atoms with Gasteiger partial charge in [-0.2, -0.15) is 0 Å². The van der Waals surface area contributed by atoms with Gasteiger partial charge >= 0.3 is 0 Å². The molecule has 158 valence electrons. The number of hydrogen-bond acceptors (Lipinski definition) is 5. The monoisotopic (exact) mass is 452 g/mol. The fourth-order valence-electron chi connectivity index (χ4n) is 3.63. The van der Waals surface area contributed by atoms with Gasteiger partial charge in [-0.15, -0.1) is 11.8 Å². The van der Waals surface area contributed by atoms with E-state index < -0.39 is 12.1 Å². The van der Waals surface area contributed by atoms with E-state index in [9.17, 15) is 10.1 Å².